The number of hydrogen-bond acceptors (Lipinski definition) is 3. The van der Waals surface area contributed by atoms with Crippen molar-refractivity contribution in [3.63, 3.8) is 0 Å². The Morgan fingerprint density at radius 3 is 2.25 bits per heavy atom. The molecule has 0 aromatic heterocycles. The molecule has 0 saturated carbocycles. The van der Waals surface area contributed by atoms with Gasteiger partial charge in [-0.05, 0) is 6.92 Å². The maximum Gasteiger partial charge on any atom is 0.271 e. The number of ketones is 1. The Hall–Kier alpha value is -1.06. The highest BCUT2D eigenvalue weighted by Crippen LogP contribution is 1.83. The van der Waals surface area contributed by atoms with Gasteiger partial charge in [-0.15, -0.1) is 5.11 Å². The van der Waals surface area contributed by atoms with Crippen molar-refractivity contribution in [3.05, 3.63) is 0 Å². The zero-order chi connectivity index (χ0) is 6.57. The van der Waals surface area contributed by atoms with Crippen LogP contribution in [-0.2, 0) is 9.59 Å². The lowest BCUT2D eigenvalue weighted by Gasteiger charge is -1.81. The number of carbonyl (C=O) groups is 2. The number of nitrogens with one attached hydrogen (secondary N) is 1. The third-order valence-electron chi connectivity index (χ3n) is 0.525. The second-order valence-electron chi connectivity index (χ2n) is 1.38. The molecule has 0 spiro atoms. The molecule has 1 N–H and O–H groups in total. The zero-order valence-electron chi connectivity index (χ0n) is 4.47. The smallest absolute Gasteiger partial charge is 0.271 e. The summed E-state index contributed by atoms with van der Waals surface area (Å²) < 4.78 is 0. The van der Waals surface area contributed by atoms with Gasteiger partial charge >= 0.3 is 0 Å². The second kappa shape index (κ2) is 3.01. The fourth-order valence-electron chi connectivity index (χ4n) is 0.252. The van der Waals surface area contributed by atoms with Crippen LogP contribution in [0.25, 0.3) is 0 Å². The highest BCUT2D eigenvalue weighted by atomic mass is 16.2. The van der Waals surface area contributed by atoms with Crippen LogP contribution in [0.2, 0.25) is 0 Å². The van der Waals surface area contributed by atoms with Crippen LogP contribution in [0, 0.1) is 5.53 Å². The Kier molecular flexibility index (Phi) is 2.61. The lowest BCUT2D eigenvalue weighted by Crippen LogP contribution is -1.98. The van der Waals surface area contributed by atoms with Crippen LogP contribution in [0.4, 0.5) is 0 Å². The van der Waals surface area contributed by atoms with E-state index in [2.05, 4.69) is 5.11 Å². The molecule has 44 valence electrons. The number of Topliss-reactive ketones (excluding diaryl/α,β-unsaturated/α-hetero) is 1. The Labute approximate surface area is 46.4 Å². The lowest BCUT2D eigenvalue weighted by molar-refractivity contribution is -0.125. The Morgan fingerprint density at radius 2 is 2.12 bits per heavy atom. The molecule has 0 radical (unpaired) electrons. The van der Waals surface area contributed by atoms with E-state index in [4.69, 9.17) is 5.53 Å². The van der Waals surface area contributed by atoms with Gasteiger partial charge < -0.3 is 0 Å². The third kappa shape index (κ3) is 3.14. The van der Waals surface area contributed by atoms with E-state index >= 15 is 0 Å². The van der Waals surface area contributed by atoms with Crippen LogP contribution in [0.15, 0.2) is 5.11 Å². The average molecular weight is 114 g/mol. The van der Waals surface area contributed by atoms with Crippen molar-refractivity contribution in [2.24, 2.45) is 5.11 Å². The normalized spacial score (nSPS) is 8.12. The van der Waals surface area contributed by atoms with E-state index in [1.54, 1.807) is 0 Å². The maximum atomic E-state index is 10.0. The van der Waals surface area contributed by atoms with Crippen molar-refractivity contribution in [2.75, 3.05) is 0 Å². The fraction of sp³-hybridized carbons (Fsp3) is 0.500. The molecule has 0 aliphatic heterocycles. The second-order valence-corrected chi connectivity index (χ2v) is 1.38. The standard InChI is InChI=1S/C4H6N2O2/c1-3(7)2-4(8)6-5/h5H,2H2,1H3. The Morgan fingerprint density at radius 1 is 1.62 bits per heavy atom. The number of hydrogen-bond donors (Lipinski definition) is 1. The molecule has 8 heavy (non-hydrogen) atoms. The largest absolute Gasteiger partial charge is 0.299 e. The van der Waals surface area contributed by atoms with Crippen molar-refractivity contribution < 1.29 is 9.59 Å². The van der Waals surface area contributed by atoms with Crippen LogP contribution >= 0.6 is 0 Å². The number of carbonyl (C=O) groups excluding carboxylic acids is 2. The lowest BCUT2D eigenvalue weighted by atomic mass is 10.3. The van der Waals surface area contributed by atoms with Gasteiger partial charge in [-0.2, -0.15) is 0 Å². The van der Waals surface area contributed by atoms with Crippen LogP contribution < -0.4 is 0 Å². The van der Waals surface area contributed by atoms with Crippen molar-refractivity contribution >= 4 is 11.7 Å². The summed E-state index contributed by atoms with van der Waals surface area (Å²) in [5.74, 6) is -0.941. The van der Waals surface area contributed by atoms with E-state index in [1.807, 2.05) is 0 Å². The first kappa shape index (κ1) is 6.94. The summed E-state index contributed by atoms with van der Waals surface area (Å²) in [6, 6.07) is 0. The van der Waals surface area contributed by atoms with Gasteiger partial charge in [0.05, 0.1) is 6.42 Å². The van der Waals surface area contributed by atoms with Crippen molar-refractivity contribution in [2.45, 2.75) is 13.3 Å². The van der Waals surface area contributed by atoms with Crippen LogP contribution in [-0.4, -0.2) is 11.7 Å². The molecule has 0 aliphatic rings. The highest BCUT2D eigenvalue weighted by molar-refractivity contribution is 5.96. The van der Waals surface area contributed by atoms with E-state index < -0.39 is 5.91 Å². The van der Waals surface area contributed by atoms with Gasteiger partial charge in [0.2, 0.25) is 0 Å². The van der Waals surface area contributed by atoms with E-state index in [1.165, 1.54) is 6.92 Å². The quantitative estimate of drug-likeness (QED) is 0.420. The topological polar surface area (TPSA) is 70.3 Å². The molecule has 0 aliphatic carbocycles. The van der Waals surface area contributed by atoms with E-state index in [9.17, 15) is 9.59 Å². The summed E-state index contributed by atoms with van der Waals surface area (Å²) in [5, 5.41) is 2.52. The van der Waals surface area contributed by atoms with Crippen molar-refractivity contribution in [3.8, 4) is 0 Å². The molecule has 1 amide bonds. The van der Waals surface area contributed by atoms with Crippen molar-refractivity contribution in [1.82, 2.24) is 0 Å². The molecule has 0 fully saturated rings. The summed E-state index contributed by atoms with van der Waals surface area (Å²) in [7, 11) is 0. The minimum atomic E-state index is -0.683. The molecule has 0 saturated heterocycles. The molecule has 4 nitrogen and oxygen atoms in total. The molecular formula is C4H6N2O2. The summed E-state index contributed by atoms with van der Waals surface area (Å²) in [6.07, 6.45) is -0.247. The zero-order valence-corrected chi connectivity index (χ0v) is 4.47. The van der Waals surface area contributed by atoms with E-state index in [0.717, 1.165) is 0 Å². The molecule has 0 aromatic carbocycles. The summed E-state index contributed by atoms with van der Waals surface area (Å²) in [5.41, 5.74) is 6.13. The Balaban J connectivity index is 3.55. The summed E-state index contributed by atoms with van der Waals surface area (Å²) >= 11 is 0. The first-order chi connectivity index (χ1) is 3.66. The van der Waals surface area contributed by atoms with Gasteiger partial charge in [0, 0.05) is 0 Å². The SMILES string of the molecule is CC(=O)CC(=O)N=N. The molecule has 0 rings (SSSR count). The molecule has 0 heterocycles. The van der Waals surface area contributed by atoms with Gasteiger partial charge in [-0.3, -0.25) is 9.59 Å². The minimum Gasteiger partial charge on any atom is -0.299 e. The van der Waals surface area contributed by atoms with Gasteiger partial charge in [0.1, 0.15) is 5.78 Å². The summed E-state index contributed by atoms with van der Waals surface area (Å²) in [4.78, 5) is 20.1. The minimum absolute atomic E-state index is 0.247. The van der Waals surface area contributed by atoms with Crippen molar-refractivity contribution in [1.29, 1.82) is 5.53 Å². The first-order valence-electron chi connectivity index (χ1n) is 2.06. The van der Waals surface area contributed by atoms with Gasteiger partial charge in [0.15, 0.2) is 0 Å². The number of rotatable bonds is 2. The van der Waals surface area contributed by atoms with E-state index in [0.29, 0.717) is 0 Å². The van der Waals surface area contributed by atoms with E-state index in [-0.39, 0.29) is 12.2 Å². The van der Waals surface area contributed by atoms with Crippen LogP contribution in [0.3, 0.4) is 0 Å². The molecule has 0 aromatic rings. The highest BCUT2D eigenvalue weighted by Gasteiger charge is 2.00. The van der Waals surface area contributed by atoms with Gasteiger partial charge in [-0.25, -0.2) is 5.53 Å². The maximum absolute atomic E-state index is 10.0. The third-order valence-corrected chi connectivity index (χ3v) is 0.525. The average Bonchev–Trinajstić information content (AvgIpc) is 1.65. The summed E-state index contributed by atoms with van der Waals surface area (Å²) in [6.45, 7) is 1.28. The molecule has 4 heteroatoms. The van der Waals surface area contributed by atoms with Gasteiger partial charge in [-0.1, -0.05) is 0 Å². The van der Waals surface area contributed by atoms with Crippen LogP contribution in [0.5, 0.6) is 0 Å². The number of amides is 1. The Bertz CT molecular complexity index is 130. The predicted molar refractivity (Wildman–Crippen MR) is 25.5 cm³/mol. The monoisotopic (exact) mass is 114 g/mol. The van der Waals surface area contributed by atoms with Crippen LogP contribution in [0.1, 0.15) is 13.3 Å². The number of nitrogens with zero attached hydrogens (tertiary/aromatic N) is 1. The molecule has 0 bridgehead atoms. The molecule has 0 atom stereocenters. The predicted octanol–water partition coefficient (Wildman–Crippen LogP) is 0.523. The van der Waals surface area contributed by atoms with Gasteiger partial charge in [0.25, 0.3) is 5.91 Å². The first-order valence-corrected chi connectivity index (χ1v) is 2.06. The molecular weight excluding hydrogens is 108 g/mol. The molecule has 0 unspecified atom stereocenters. The fourth-order valence-corrected chi connectivity index (χ4v) is 0.252.